The van der Waals surface area contributed by atoms with Crippen molar-refractivity contribution in [3.05, 3.63) is 18.0 Å². The quantitative estimate of drug-likeness (QED) is 0.710. The van der Waals surface area contributed by atoms with Gasteiger partial charge in [0.25, 0.3) is 0 Å². The smallest absolute Gasteiger partial charge is 0.0640 e. The second-order valence-electron chi connectivity index (χ2n) is 6.11. The van der Waals surface area contributed by atoms with Crippen LogP contribution in [-0.2, 0) is 11.2 Å². The fourth-order valence-corrected chi connectivity index (χ4v) is 3.21. The van der Waals surface area contributed by atoms with E-state index in [1.165, 1.54) is 37.8 Å². The van der Waals surface area contributed by atoms with E-state index in [9.17, 15) is 0 Å². The van der Waals surface area contributed by atoms with E-state index in [1.54, 1.807) is 0 Å². The van der Waals surface area contributed by atoms with Gasteiger partial charge in [-0.05, 0) is 45.7 Å². The number of rotatable bonds is 9. The van der Waals surface area contributed by atoms with Crippen molar-refractivity contribution in [3.8, 4) is 0 Å². The van der Waals surface area contributed by atoms with Crippen LogP contribution in [0.5, 0.6) is 0 Å². The van der Waals surface area contributed by atoms with Gasteiger partial charge in [0.1, 0.15) is 0 Å². The molecule has 1 unspecified atom stereocenters. The average Bonchev–Trinajstić information content (AvgIpc) is 3.00. The highest BCUT2D eigenvalue weighted by atomic mass is 16.5. The number of nitrogens with zero attached hydrogens (tertiary/aromatic N) is 2. The maximum atomic E-state index is 5.41. The second kappa shape index (κ2) is 9.21. The Hall–Kier alpha value is -0.870. The molecular formula is C17H31N3O. The van der Waals surface area contributed by atoms with Crippen LogP contribution in [0.25, 0.3) is 0 Å². The van der Waals surface area contributed by atoms with Crippen molar-refractivity contribution in [1.82, 2.24) is 15.1 Å². The van der Waals surface area contributed by atoms with Crippen LogP contribution in [-0.4, -0.2) is 36.1 Å². The molecule has 1 atom stereocenters. The molecule has 1 heterocycles. The molecule has 4 heteroatoms. The van der Waals surface area contributed by atoms with Crippen LogP contribution in [0.2, 0.25) is 0 Å². The molecule has 0 aliphatic heterocycles. The monoisotopic (exact) mass is 293 g/mol. The molecule has 0 aromatic carbocycles. The number of nitrogens with one attached hydrogen (secondary N) is 1. The van der Waals surface area contributed by atoms with Crippen molar-refractivity contribution in [3.63, 3.8) is 0 Å². The zero-order valence-corrected chi connectivity index (χ0v) is 13.7. The topological polar surface area (TPSA) is 39.1 Å². The number of likely N-dealkylation sites (N-methyl/N-ethyl adjacent to an activating group) is 1. The van der Waals surface area contributed by atoms with Crippen LogP contribution in [0, 0.1) is 0 Å². The van der Waals surface area contributed by atoms with E-state index < -0.39 is 0 Å². The molecule has 1 saturated carbocycles. The predicted octanol–water partition coefficient (Wildman–Crippen LogP) is 3.34. The molecule has 1 aromatic rings. The molecule has 1 aliphatic carbocycles. The minimum absolute atomic E-state index is 0.500. The third-order valence-corrected chi connectivity index (χ3v) is 4.52. The van der Waals surface area contributed by atoms with Gasteiger partial charge in [0.15, 0.2) is 0 Å². The molecule has 2 rings (SSSR count). The lowest BCUT2D eigenvalue weighted by atomic mass is 9.96. The highest BCUT2D eigenvalue weighted by Gasteiger charge is 2.17. The van der Waals surface area contributed by atoms with E-state index in [1.807, 2.05) is 14.0 Å². The average molecular weight is 293 g/mol. The summed E-state index contributed by atoms with van der Waals surface area (Å²) >= 11 is 0. The van der Waals surface area contributed by atoms with E-state index in [0.29, 0.717) is 12.1 Å². The van der Waals surface area contributed by atoms with E-state index in [2.05, 4.69) is 22.3 Å². The van der Waals surface area contributed by atoms with Crippen molar-refractivity contribution in [2.45, 2.75) is 70.4 Å². The molecule has 120 valence electrons. The Kier molecular flexibility index (Phi) is 7.24. The van der Waals surface area contributed by atoms with Crippen LogP contribution in [0.15, 0.2) is 12.3 Å². The van der Waals surface area contributed by atoms with Gasteiger partial charge in [0.05, 0.1) is 11.7 Å². The Morgan fingerprint density at radius 1 is 1.38 bits per heavy atom. The van der Waals surface area contributed by atoms with Crippen molar-refractivity contribution < 1.29 is 4.74 Å². The molecule has 0 spiro atoms. The minimum Gasteiger partial charge on any atom is -0.382 e. The highest BCUT2D eigenvalue weighted by Crippen LogP contribution is 2.27. The molecule has 1 fully saturated rings. The SMILES string of the molecule is CCOCCCC(Cc1ccn(C2CCCCC2)n1)NC. The van der Waals surface area contributed by atoms with Crippen molar-refractivity contribution in [2.24, 2.45) is 0 Å². The fraction of sp³-hybridized carbons (Fsp3) is 0.824. The standard InChI is InChI=1S/C17H31N3O/c1-3-21-13-7-8-15(18-2)14-16-11-12-20(19-16)17-9-5-4-6-10-17/h11-12,15,17-18H,3-10,13-14H2,1-2H3. The normalized spacial score (nSPS) is 18.0. The molecule has 0 saturated heterocycles. The molecule has 1 aromatic heterocycles. The van der Waals surface area contributed by atoms with Crippen LogP contribution < -0.4 is 5.32 Å². The minimum atomic E-state index is 0.500. The van der Waals surface area contributed by atoms with E-state index in [4.69, 9.17) is 9.84 Å². The van der Waals surface area contributed by atoms with Gasteiger partial charge in [-0.15, -0.1) is 0 Å². The molecule has 0 radical (unpaired) electrons. The third kappa shape index (κ3) is 5.44. The Morgan fingerprint density at radius 2 is 2.19 bits per heavy atom. The van der Waals surface area contributed by atoms with Crippen LogP contribution in [0.4, 0.5) is 0 Å². The van der Waals surface area contributed by atoms with Crippen molar-refractivity contribution >= 4 is 0 Å². The summed E-state index contributed by atoms with van der Waals surface area (Å²) in [6.07, 6.45) is 12.2. The Bertz CT molecular complexity index is 385. The first kappa shape index (κ1) is 16.5. The van der Waals surface area contributed by atoms with Crippen LogP contribution in [0.1, 0.15) is 63.6 Å². The van der Waals surface area contributed by atoms with E-state index in [-0.39, 0.29) is 0 Å². The van der Waals surface area contributed by atoms with Crippen LogP contribution >= 0.6 is 0 Å². The molecular weight excluding hydrogens is 262 g/mol. The lowest BCUT2D eigenvalue weighted by Crippen LogP contribution is -2.28. The highest BCUT2D eigenvalue weighted by molar-refractivity contribution is 5.02. The molecule has 0 bridgehead atoms. The van der Waals surface area contributed by atoms with Crippen molar-refractivity contribution in [1.29, 1.82) is 0 Å². The zero-order valence-electron chi connectivity index (χ0n) is 13.7. The first-order chi connectivity index (χ1) is 10.3. The van der Waals surface area contributed by atoms with Crippen molar-refractivity contribution in [2.75, 3.05) is 20.3 Å². The second-order valence-corrected chi connectivity index (χ2v) is 6.11. The molecule has 1 aliphatic rings. The summed E-state index contributed by atoms with van der Waals surface area (Å²) < 4.78 is 7.62. The summed E-state index contributed by atoms with van der Waals surface area (Å²) in [5.41, 5.74) is 1.22. The summed E-state index contributed by atoms with van der Waals surface area (Å²) in [6.45, 7) is 3.73. The van der Waals surface area contributed by atoms with Gasteiger partial charge in [-0.1, -0.05) is 19.3 Å². The summed E-state index contributed by atoms with van der Waals surface area (Å²) in [7, 11) is 2.05. The van der Waals surface area contributed by atoms with Crippen LogP contribution in [0.3, 0.4) is 0 Å². The number of hydrogen-bond acceptors (Lipinski definition) is 3. The zero-order chi connectivity index (χ0) is 14.9. The van der Waals surface area contributed by atoms with Gasteiger partial charge in [-0.25, -0.2) is 0 Å². The summed E-state index contributed by atoms with van der Waals surface area (Å²) in [4.78, 5) is 0. The summed E-state index contributed by atoms with van der Waals surface area (Å²) in [6, 6.07) is 3.33. The first-order valence-corrected chi connectivity index (χ1v) is 8.62. The molecule has 1 N–H and O–H groups in total. The largest absolute Gasteiger partial charge is 0.382 e. The number of hydrogen-bond donors (Lipinski definition) is 1. The molecule has 0 amide bonds. The van der Waals surface area contributed by atoms with Gasteiger partial charge in [0.2, 0.25) is 0 Å². The Balaban J connectivity index is 1.79. The maximum Gasteiger partial charge on any atom is 0.0640 e. The maximum absolute atomic E-state index is 5.41. The van der Waals surface area contributed by atoms with E-state index in [0.717, 1.165) is 32.5 Å². The Morgan fingerprint density at radius 3 is 2.90 bits per heavy atom. The molecule has 21 heavy (non-hydrogen) atoms. The van der Waals surface area contributed by atoms with Gasteiger partial charge < -0.3 is 10.1 Å². The Labute approximate surface area is 129 Å². The third-order valence-electron chi connectivity index (χ3n) is 4.52. The molecule has 4 nitrogen and oxygen atoms in total. The first-order valence-electron chi connectivity index (χ1n) is 8.62. The summed E-state index contributed by atoms with van der Waals surface area (Å²) in [5, 5.41) is 8.22. The van der Waals surface area contributed by atoms with Gasteiger partial charge >= 0.3 is 0 Å². The number of ether oxygens (including phenoxy) is 1. The van der Waals surface area contributed by atoms with Gasteiger partial charge in [-0.2, -0.15) is 5.10 Å². The van der Waals surface area contributed by atoms with Gasteiger partial charge in [-0.3, -0.25) is 4.68 Å². The lowest BCUT2D eigenvalue weighted by Gasteiger charge is -2.22. The lowest BCUT2D eigenvalue weighted by molar-refractivity contribution is 0.141. The van der Waals surface area contributed by atoms with E-state index >= 15 is 0 Å². The fourth-order valence-electron chi connectivity index (χ4n) is 3.21. The summed E-state index contributed by atoms with van der Waals surface area (Å²) in [5.74, 6) is 0. The van der Waals surface area contributed by atoms with Gasteiger partial charge in [0, 0.05) is 31.9 Å². The number of aromatic nitrogens is 2. The predicted molar refractivity (Wildman–Crippen MR) is 86.6 cm³/mol.